The molecule has 0 aromatic carbocycles. The van der Waals surface area contributed by atoms with Crippen molar-refractivity contribution in [3.63, 3.8) is 0 Å². The number of amides is 1. The molecular formula is C10H14N2O5. The Bertz CT molecular complexity index is 366. The third-order valence-electron chi connectivity index (χ3n) is 2.10. The van der Waals surface area contributed by atoms with E-state index in [1.54, 1.807) is 6.92 Å². The van der Waals surface area contributed by atoms with Crippen LogP contribution in [0, 0.1) is 0 Å². The van der Waals surface area contributed by atoms with Crippen LogP contribution in [0.1, 0.15) is 13.3 Å². The lowest BCUT2D eigenvalue weighted by atomic mass is 10.00. The minimum Gasteiger partial charge on any atom is -0.477 e. The molecule has 94 valence electrons. The maximum absolute atomic E-state index is 11.1. The lowest BCUT2D eigenvalue weighted by molar-refractivity contribution is -0.129. The highest BCUT2D eigenvalue weighted by Gasteiger charge is 2.37. The maximum atomic E-state index is 11.1. The quantitative estimate of drug-likeness (QED) is 0.685. The van der Waals surface area contributed by atoms with Gasteiger partial charge in [-0.05, 0) is 6.92 Å². The van der Waals surface area contributed by atoms with Gasteiger partial charge in [0.15, 0.2) is 11.3 Å². The molecule has 1 atom stereocenters. The van der Waals surface area contributed by atoms with Gasteiger partial charge in [-0.25, -0.2) is 9.59 Å². The summed E-state index contributed by atoms with van der Waals surface area (Å²) >= 11 is 0. The van der Waals surface area contributed by atoms with Crippen LogP contribution in [0.25, 0.3) is 0 Å². The molecule has 7 nitrogen and oxygen atoms in total. The Kier molecular flexibility index (Phi) is 4.08. The van der Waals surface area contributed by atoms with E-state index in [9.17, 15) is 9.59 Å². The fourth-order valence-electron chi connectivity index (χ4n) is 1.24. The van der Waals surface area contributed by atoms with E-state index in [0.29, 0.717) is 0 Å². The Morgan fingerprint density at radius 1 is 1.76 bits per heavy atom. The first-order valence-corrected chi connectivity index (χ1v) is 4.97. The van der Waals surface area contributed by atoms with Gasteiger partial charge in [-0.3, -0.25) is 0 Å². The molecule has 1 aliphatic rings. The normalized spacial score (nSPS) is 22.3. The Morgan fingerprint density at radius 2 is 2.47 bits per heavy atom. The Labute approximate surface area is 98.1 Å². The first-order valence-electron chi connectivity index (χ1n) is 4.97. The SMILES string of the molecule is C=CCOC(=O)NCC1(C)CC(C(=O)O)=NO1. The molecule has 0 aliphatic carbocycles. The largest absolute Gasteiger partial charge is 0.477 e. The van der Waals surface area contributed by atoms with Crippen molar-refractivity contribution in [2.24, 2.45) is 5.16 Å². The molecule has 1 heterocycles. The molecule has 1 rings (SSSR count). The molecule has 1 amide bonds. The van der Waals surface area contributed by atoms with Crippen LogP contribution in [0.3, 0.4) is 0 Å². The van der Waals surface area contributed by atoms with Crippen LogP contribution in [-0.2, 0) is 14.4 Å². The zero-order valence-electron chi connectivity index (χ0n) is 9.43. The number of rotatable bonds is 5. The third kappa shape index (κ3) is 3.78. The highest BCUT2D eigenvalue weighted by Crippen LogP contribution is 2.22. The van der Waals surface area contributed by atoms with Gasteiger partial charge in [-0.1, -0.05) is 17.8 Å². The lowest BCUT2D eigenvalue weighted by Gasteiger charge is -2.21. The minimum absolute atomic E-state index is 0.0613. The topological polar surface area (TPSA) is 97.2 Å². The highest BCUT2D eigenvalue weighted by atomic mass is 16.7. The van der Waals surface area contributed by atoms with Crippen LogP contribution in [0.2, 0.25) is 0 Å². The first-order chi connectivity index (χ1) is 7.97. The Hall–Kier alpha value is -2.05. The highest BCUT2D eigenvalue weighted by molar-refractivity contribution is 6.36. The lowest BCUT2D eigenvalue weighted by Crippen LogP contribution is -2.41. The predicted octanol–water partition coefficient (Wildman–Crippen LogP) is 0.518. The number of aliphatic carboxylic acids is 1. The summed E-state index contributed by atoms with van der Waals surface area (Å²) in [4.78, 5) is 26.7. The van der Waals surface area contributed by atoms with Gasteiger partial charge in [0.25, 0.3) is 0 Å². The molecule has 0 aromatic heterocycles. The second kappa shape index (κ2) is 5.33. The smallest absolute Gasteiger partial charge is 0.407 e. The van der Waals surface area contributed by atoms with Gasteiger partial charge in [-0.2, -0.15) is 0 Å². The molecule has 0 saturated heterocycles. The molecule has 0 saturated carbocycles. The second-order valence-corrected chi connectivity index (χ2v) is 3.80. The van der Waals surface area contributed by atoms with Crippen LogP contribution >= 0.6 is 0 Å². The van der Waals surface area contributed by atoms with Crippen LogP contribution in [-0.4, -0.2) is 41.6 Å². The number of carbonyl (C=O) groups excluding carboxylic acids is 1. The number of oxime groups is 1. The molecule has 7 heteroatoms. The van der Waals surface area contributed by atoms with E-state index in [1.165, 1.54) is 6.08 Å². The summed E-state index contributed by atoms with van der Waals surface area (Å²) in [5, 5.41) is 14.6. The number of hydrogen-bond donors (Lipinski definition) is 2. The summed E-state index contributed by atoms with van der Waals surface area (Å²) in [6.45, 7) is 5.28. The number of alkyl carbamates (subject to hydrolysis) is 1. The van der Waals surface area contributed by atoms with Gasteiger partial charge in [0.1, 0.15) is 6.61 Å². The van der Waals surface area contributed by atoms with Crippen LogP contribution in [0.15, 0.2) is 17.8 Å². The zero-order valence-corrected chi connectivity index (χ0v) is 9.43. The summed E-state index contributed by atoms with van der Waals surface area (Å²) in [7, 11) is 0. The summed E-state index contributed by atoms with van der Waals surface area (Å²) in [5.41, 5.74) is -0.908. The van der Waals surface area contributed by atoms with Crippen molar-refractivity contribution in [1.82, 2.24) is 5.32 Å². The molecule has 0 fully saturated rings. The van der Waals surface area contributed by atoms with Crippen LogP contribution < -0.4 is 5.32 Å². The molecule has 0 radical (unpaired) electrons. The van der Waals surface area contributed by atoms with E-state index in [2.05, 4.69) is 17.1 Å². The van der Waals surface area contributed by atoms with E-state index in [-0.39, 0.29) is 25.3 Å². The average Bonchev–Trinajstić information content (AvgIpc) is 2.67. The third-order valence-corrected chi connectivity index (χ3v) is 2.10. The number of nitrogens with one attached hydrogen (secondary N) is 1. The number of nitrogens with zero attached hydrogens (tertiary/aromatic N) is 1. The summed E-state index contributed by atoms with van der Waals surface area (Å²) in [6.07, 6.45) is 0.960. The van der Waals surface area contributed by atoms with Crippen molar-refractivity contribution in [1.29, 1.82) is 0 Å². The molecule has 1 unspecified atom stereocenters. The Balaban J connectivity index is 2.36. The molecule has 0 aromatic rings. The van der Waals surface area contributed by atoms with E-state index < -0.39 is 17.7 Å². The standard InChI is InChI=1S/C10H14N2O5/c1-3-4-16-9(15)11-6-10(2)5-7(8(13)14)12-17-10/h3H,1,4-6H2,2H3,(H,11,15)(H,13,14). The van der Waals surface area contributed by atoms with Gasteiger partial charge in [0.05, 0.1) is 6.54 Å². The van der Waals surface area contributed by atoms with Crippen molar-refractivity contribution in [2.75, 3.05) is 13.2 Å². The second-order valence-electron chi connectivity index (χ2n) is 3.80. The predicted molar refractivity (Wildman–Crippen MR) is 58.7 cm³/mol. The molecule has 1 aliphatic heterocycles. The minimum atomic E-state index is -1.12. The summed E-state index contributed by atoms with van der Waals surface area (Å²) in [6, 6.07) is 0. The van der Waals surface area contributed by atoms with Gasteiger partial charge in [0, 0.05) is 6.42 Å². The number of carbonyl (C=O) groups is 2. The van der Waals surface area contributed by atoms with Crippen molar-refractivity contribution in [3.05, 3.63) is 12.7 Å². The van der Waals surface area contributed by atoms with E-state index in [1.807, 2.05) is 0 Å². The fourth-order valence-corrected chi connectivity index (χ4v) is 1.24. The zero-order chi connectivity index (χ0) is 12.9. The van der Waals surface area contributed by atoms with Crippen molar-refractivity contribution >= 4 is 17.8 Å². The number of carboxylic acid groups (broad SMARTS) is 1. The van der Waals surface area contributed by atoms with E-state index in [4.69, 9.17) is 14.7 Å². The molecule has 0 spiro atoms. The molecule has 2 N–H and O–H groups in total. The van der Waals surface area contributed by atoms with Crippen LogP contribution in [0.5, 0.6) is 0 Å². The van der Waals surface area contributed by atoms with Crippen LogP contribution in [0.4, 0.5) is 4.79 Å². The van der Waals surface area contributed by atoms with Gasteiger partial charge in [0.2, 0.25) is 0 Å². The van der Waals surface area contributed by atoms with Crippen molar-refractivity contribution in [3.8, 4) is 0 Å². The maximum Gasteiger partial charge on any atom is 0.407 e. The summed E-state index contributed by atoms with van der Waals surface area (Å²) in [5.74, 6) is -1.12. The number of carboxylic acids is 1. The number of ether oxygens (including phenoxy) is 1. The van der Waals surface area contributed by atoms with Gasteiger partial charge in [-0.15, -0.1) is 0 Å². The Morgan fingerprint density at radius 3 is 3.00 bits per heavy atom. The molecule has 0 bridgehead atoms. The summed E-state index contributed by atoms with van der Waals surface area (Å²) < 4.78 is 4.69. The average molecular weight is 242 g/mol. The number of hydrogen-bond acceptors (Lipinski definition) is 5. The fraction of sp³-hybridized carbons (Fsp3) is 0.500. The van der Waals surface area contributed by atoms with Crippen molar-refractivity contribution in [2.45, 2.75) is 18.9 Å². The van der Waals surface area contributed by atoms with E-state index >= 15 is 0 Å². The first kappa shape index (κ1) is 13.0. The van der Waals surface area contributed by atoms with Gasteiger partial charge < -0.3 is 20.0 Å². The molecular weight excluding hydrogens is 228 g/mol. The van der Waals surface area contributed by atoms with Crippen molar-refractivity contribution < 1.29 is 24.3 Å². The molecule has 17 heavy (non-hydrogen) atoms. The monoisotopic (exact) mass is 242 g/mol. The van der Waals surface area contributed by atoms with Gasteiger partial charge >= 0.3 is 12.1 Å². The van der Waals surface area contributed by atoms with E-state index in [0.717, 1.165) is 0 Å².